The van der Waals surface area contributed by atoms with Crippen LogP contribution < -0.4 is 11.1 Å². The van der Waals surface area contributed by atoms with E-state index in [-0.39, 0.29) is 12.6 Å². The summed E-state index contributed by atoms with van der Waals surface area (Å²) in [7, 11) is 0. The van der Waals surface area contributed by atoms with Crippen molar-refractivity contribution in [3.63, 3.8) is 0 Å². The number of hydrogen-bond acceptors (Lipinski definition) is 8. The largest absolute Gasteiger partial charge is 0.450 e. The minimum Gasteiger partial charge on any atom is -0.450 e. The molecule has 4 N–H and O–H groups in total. The zero-order valence-corrected chi connectivity index (χ0v) is 17.4. The molecule has 10 nitrogen and oxygen atoms in total. The van der Waals surface area contributed by atoms with Gasteiger partial charge in [-0.25, -0.2) is 29.7 Å². The molecule has 158 valence electrons. The molecule has 4 aromatic rings. The average molecular weight is 418 g/mol. The second-order valence-electron chi connectivity index (χ2n) is 7.44. The fraction of sp³-hybridized carbons (Fsp3) is 0.238. The number of carbonyl (C=O) groups excluding carboxylic acids is 1. The number of aromatic nitrogens is 6. The first-order chi connectivity index (χ1) is 14.8. The van der Waals surface area contributed by atoms with E-state index in [2.05, 4.69) is 35.2 Å². The molecule has 0 spiro atoms. The van der Waals surface area contributed by atoms with Crippen LogP contribution >= 0.6 is 0 Å². The van der Waals surface area contributed by atoms with Gasteiger partial charge in [-0.05, 0) is 44.5 Å². The summed E-state index contributed by atoms with van der Waals surface area (Å²) in [5.41, 5.74) is 9.08. The molecule has 0 aliphatic rings. The van der Waals surface area contributed by atoms with Gasteiger partial charge in [0.25, 0.3) is 0 Å². The lowest BCUT2D eigenvalue weighted by Gasteiger charge is -2.16. The number of rotatable bonds is 5. The molecule has 0 atom stereocenters. The van der Waals surface area contributed by atoms with Gasteiger partial charge >= 0.3 is 6.09 Å². The van der Waals surface area contributed by atoms with Crippen molar-refractivity contribution in [3.8, 4) is 22.5 Å². The van der Waals surface area contributed by atoms with Crippen LogP contribution in [0, 0.1) is 0 Å². The van der Waals surface area contributed by atoms with Crippen LogP contribution in [0.2, 0.25) is 0 Å². The third kappa shape index (κ3) is 4.33. The Morgan fingerprint density at radius 3 is 2.48 bits per heavy atom. The van der Waals surface area contributed by atoms with Crippen molar-refractivity contribution in [2.75, 3.05) is 11.9 Å². The Bertz CT molecular complexity index is 1210. The van der Waals surface area contributed by atoms with Crippen molar-refractivity contribution in [1.29, 1.82) is 0 Å². The Morgan fingerprint density at radius 1 is 1.13 bits per heavy atom. The molecule has 31 heavy (non-hydrogen) atoms. The Morgan fingerprint density at radius 2 is 1.84 bits per heavy atom. The molecule has 1 amide bonds. The quantitative estimate of drug-likeness (QED) is 0.448. The average Bonchev–Trinajstić information content (AvgIpc) is 3.15. The fourth-order valence-corrected chi connectivity index (χ4v) is 3.03. The highest BCUT2D eigenvalue weighted by Gasteiger charge is 2.19. The minimum atomic E-state index is -0.636. The van der Waals surface area contributed by atoms with Crippen molar-refractivity contribution in [2.24, 2.45) is 5.73 Å². The Hall–Kier alpha value is -3.92. The lowest BCUT2D eigenvalue weighted by atomic mass is 10.0. The predicted octanol–water partition coefficient (Wildman–Crippen LogP) is 3.24. The normalized spacial score (nSPS) is 11.5. The first-order valence-corrected chi connectivity index (χ1v) is 9.72. The first kappa shape index (κ1) is 20.4. The molecule has 3 aromatic heterocycles. The zero-order valence-electron chi connectivity index (χ0n) is 17.4. The monoisotopic (exact) mass is 418 g/mol. The van der Waals surface area contributed by atoms with E-state index < -0.39 is 11.6 Å². The highest BCUT2D eigenvalue weighted by Crippen LogP contribution is 2.32. The van der Waals surface area contributed by atoms with E-state index in [4.69, 9.17) is 10.5 Å². The number of H-pyrrole nitrogens is 1. The molecule has 0 bridgehead atoms. The van der Waals surface area contributed by atoms with Gasteiger partial charge in [0, 0.05) is 35.9 Å². The molecule has 1 aromatic carbocycles. The molecule has 3 heterocycles. The van der Waals surface area contributed by atoms with Gasteiger partial charge in [0.05, 0.1) is 17.7 Å². The van der Waals surface area contributed by atoms with Gasteiger partial charge in [-0.3, -0.25) is 5.32 Å². The number of ether oxygens (including phenoxy) is 1. The zero-order chi connectivity index (χ0) is 22.0. The SMILES string of the molecule is CCOC(=O)Nc1nc2c(-c3ncccn3)cc(-c3cnc(C(C)(C)N)nc3)cc2[nH]1. The van der Waals surface area contributed by atoms with Crippen LogP contribution in [-0.2, 0) is 10.3 Å². The predicted molar refractivity (Wildman–Crippen MR) is 116 cm³/mol. The molecular formula is C21H22N8O2. The van der Waals surface area contributed by atoms with Crippen LogP contribution in [0.5, 0.6) is 0 Å². The molecule has 0 aliphatic carbocycles. The number of fused-ring (bicyclic) bond motifs is 1. The molecule has 0 aliphatic heterocycles. The summed E-state index contributed by atoms with van der Waals surface area (Å²) in [6.07, 6.45) is 6.18. The topological polar surface area (TPSA) is 145 Å². The molecule has 0 saturated heterocycles. The van der Waals surface area contributed by atoms with E-state index in [1.54, 1.807) is 37.8 Å². The number of anilines is 1. The molecule has 0 radical (unpaired) electrons. The minimum absolute atomic E-state index is 0.259. The smallest absolute Gasteiger partial charge is 0.413 e. The summed E-state index contributed by atoms with van der Waals surface area (Å²) in [6.45, 7) is 5.69. The van der Waals surface area contributed by atoms with Crippen LogP contribution in [0.3, 0.4) is 0 Å². The van der Waals surface area contributed by atoms with E-state index >= 15 is 0 Å². The van der Waals surface area contributed by atoms with Crippen molar-refractivity contribution in [1.82, 2.24) is 29.9 Å². The molecule has 10 heteroatoms. The second kappa shape index (κ2) is 8.07. The fourth-order valence-electron chi connectivity index (χ4n) is 3.03. The van der Waals surface area contributed by atoms with Crippen molar-refractivity contribution in [3.05, 3.63) is 48.8 Å². The number of benzene rings is 1. The van der Waals surface area contributed by atoms with Crippen molar-refractivity contribution < 1.29 is 9.53 Å². The van der Waals surface area contributed by atoms with Gasteiger partial charge < -0.3 is 15.5 Å². The lowest BCUT2D eigenvalue weighted by Crippen LogP contribution is -2.31. The summed E-state index contributed by atoms with van der Waals surface area (Å²) >= 11 is 0. The van der Waals surface area contributed by atoms with Crippen LogP contribution in [0.25, 0.3) is 33.5 Å². The molecule has 0 unspecified atom stereocenters. The number of aromatic amines is 1. The third-order valence-corrected chi connectivity index (χ3v) is 4.45. The summed E-state index contributed by atoms with van der Waals surface area (Å²) in [6, 6.07) is 5.56. The van der Waals surface area contributed by atoms with Crippen molar-refractivity contribution in [2.45, 2.75) is 26.3 Å². The summed E-state index contributed by atoms with van der Waals surface area (Å²) in [5, 5.41) is 2.59. The highest BCUT2D eigenvalue weighted by molar-refractivity contribution is 5.96. The van der Waals surface area contributed by atoms with Gasteiger partial charge in [-0.1, -0.05) is 0 Å². The summed E-state index contributed by atoms with van der Waals surface area (Å²) in [4.78, 5) is 36.9. The number of carbonyl (C=O) groups is 1. The van der Waals surface area contributed by atoms with Crippen LogP contribution in [-0.4, -0.2) is 42.6 Å². The molecule has 4 rings (SSSR count). The maximum atomic E-state index is 11.8. The maximum Gasteiger partial charge on any atom is 0.413 e. The van der Waals surface area contributed by atoms with Crippen molar-refractivity contribution >= 4 is 23.1 Å². The van der Waals surface area contributed by atoms with Gasteiger partial charge in [0.2, 0.25) is 5.95 Å². The number of nitrogens with two attached hydrogens (primary N) is 1. The Balaban J connectivity index is 1.82. The van der Waals surface area contributed by atoms with Gasteiger partial charge in [-0.15, -0.1) is 0 Å². The molecule has 0 saturated carbocycles. The Kier molecular flexibility index (Phi) is 5.30. The van der Waals surface area contributed by atoms with E-state index in [0.717, 1.165) is 11.1 Å². The second-order valence-corrected chi connectivity index (χ2v) is 7.44. The van der Waals surface area contributed by atoms with Crippen LogP contribution in [0.1, 0.15) is 26.6 Å². The van der Waals surface area contributed by atoms with Gasteiger partial charge in [-0.2, -0.15) is 0 Å². The van der Waals surface area contributed by atoms with E-state index in [9.17, 15) is 4.79 Å². The summed E-state index contributed by atoms with van der Waals surface area (Å²) in [5.74, 6) is 1.31. The van der Waals surface area contributed by atoms with Gasteiger partial charge in [0.1, 0.15) is 11.3 Å². The third-order valence-electron chi connectivity index (χ3n) is 4.45. The van der Waals surface area contributed by atoms with E-state index in [0.29, 0.717) is 28.2 Å². The standard InChI is InChI=1S/C21H22N8O2/c1-4-31-20(30)29-19-27-15-9-12(13-10-25-18(26-11-13)21(2,3)22)8-14(16(15)28-19)17-23-6-5-7-24-17/h5-11H,4,22H2,1-3H3,(H2,27,28,29,30). The summed E-state index contributed by atoms with van der Waals surface area (Å²) < 4.78 is 4.93. The maximum absolute atomic E-state index is 11.8. The number of amides is 1. The lowest BCUT2D eigenvalue weighted by molar-refractivity contribution is 0.167. The molecule has 0 fully saturated rings. The van der Waals surface area contributed by atoms with E-state index in [1.165, 1.54) is 0 Å². The number of nitrogens with one attached hydrogen (secondary N) is 2. The Labute approximate surface area is 178 Å². The van der Waals surface area contributed by atoms with Crippen LogP contribution in [0.4, 0.5) is 10.7 Å². The number of imidazole rings is 1. The van der Waals surface area contributed by atoms with E-state index in [1.807, 2.05) is 26.0 Å². The molecular weight excluding hydrogens is 396 g/mol. The highest BCUT2D eigenvalue weighted by atomic mass is 16.5. The van der Waals surface area contributed by atoms with Crippen LogP contribution in [0.15, 0.2) is 43.0 Å². The first-order valence-electron chi connectivity index (χ1n) is 9.72. The number of nitrogens with zero attached hydrogens (tertiary/aromatic N) is 5. The number of hydrogen-bond donors (Lipinski definition) is 3. The van der Waals surface area contributed by atoms with Gasteiger partial charge in [0.15, 0.2) is 5.82 Å².